The van der Waals surface area contributed by atoms with E-state index < -0.39 is 16.1 Å². The lowest BCUT2D eigenvalue weighted by Gasteiger charge is -2.42. The van der Waals surface area contributed by atoms with Crippen molar-refractivity contribution >= 4 is 33.2 Å². The van der Waals surface area contributed by atoms with Crippen molar-refractivity contribution in [3.63, 3.8) is 0 Å². The molecule has 0 saturated carbocycles. The number of amides is 1. The van der Waals surface area contributed by atoms with E-state index in [4.69, 9.17) is 16.3 Å². The summed E-state index contributed by atoms with van der Waals surface area (Å²) in [5, 5.41) is 3.56. The molecule has 0 aromatic heterocycles. The van der Waals surface area contributed by atoms with Crippen LogP contribution in [-0.4, -0.2) is 32.2 Å². The van der Waals surface area contributed by atoms with Crippen molar-refractivity contribution in [1.29, 1.82) is 0 Å². The molecule has 1 aliphatic heterocycles. The molecule has 2 atom stereocenters. The number of ether oxygens (including phenoxy) is 1. The average Bonchev–Trinajstić information content (AvgIpc) is 2.78. The highest BCUT2D eigenvalue weighted by molar-refractivity contribution is 7.92. The Morgan fingerprint density at radius 3 is 2.48 bits per heavy atom. The fourth-order valence-electron chi connectivity index (χ4n) is 4.55. The van der Waals surface area contributed by atoms with Gasteiger partial charge < -0.3 is 10.1 Å². The molecule has 180 valence electrons. The van der Waals surface area contributed by atoms with Crippen molar-refractivity contribution in [2.75, 3.05) is 10.6 Å². The van der Waals surface area contributed by atoms with Gasteiger partial charge in [0.1, 0.15) is 17.4 Å². The number of nitrogens with one attached hydrogen (secondary N) is 1. The lowest BCUT2D eigenvalue weighted by Crippen LogP contribution is -2.52. The lowest BCUT2D eigenvalue weighted by atomic mass is 9.83. The molecule has 8 heteroatoms. The summed E-state index contributed by atoms with van der Waals surface area (Å²) in [6.45, 7) is 7.78. The summed E-state index contributed by atoms with van der Waals surface area (Å²) in [4.78, 5) is 13.6. The van der Waals surface area contributed by atoms with Crippen LogP contribution in [0.4, 0.5) is 5.69 Å². The Labute approximate surface area is 202 Å². The number of carbonyl (C=O) groups is 1. The molecule has 0 unspecified atom stereocenters. The maximum atomic E-state index is 13.6. The van der Waals surface area contributed by atoms with Gasteiger partial charge in [-0.3, -0.25) is 9.10 Å². The Hall–Kier alpha value is -2.25. The van der Waals surface area contributed by atoms with Crippen LogP contribution >= 0.6 is 11.6 Å². The summed E-state index contributed by atoms with van der Waals surface area (Å²) in [5.41, 5.74) is 1.66. The summed E-state index contributed by atoms with van der Waals surface area (Å²) in [5.74, 6) is 0.418. The van der Waals surface area contributed by atoms with Gasteiger partial charge in [0.2, 0.25) is 15.9 Å². The van der Waals surface area contributed by atoms with Crippen molar-refractivity contribution in [3.05, 3.63) is 58.6 Å². The van der Waals surface area contributed by atoms with E-state index in [1.54, 1.807) is 25.1 Å². The third-order valence-electron chi connectivity index (χ3n) is 6.54. The Morgan fingerprint density at radius 2 is 1.88 bits per heavy atom. The molecule has 0 fully saturated rings. The first-order chi connectivity index (χ1) is 15.5. The number of aryl methyl sites for hydroxylation is 1. The van der Waals surface area contributed by atoms with Gasteiger partial charge in [0.05, 0.1) is 18.0 Å². The zero-order valence-electron chi connectivity index (χ0n) is 19.9. The molecule has 6 nitrogen and oxygen atoms in total. The second kappa shape index (κ2) is 9.94. The van der Waals surface area contributed by atoms with Gasteiger partial charge in [-0.25, -0.2) is 8.42 Å². The van der Waals surface area contributed by atoms with Gasteiger partial charge in [-0.2, -0.15) is 0 Å². The minimum atomic E-state index is -3.76. The first-order valence-corrected chi connectivity index (χ1v) is 13.6. The molecule has 0 spiro atoms. The second-order valence-electron chi connectivity index (χ2n) is 8.71. The largest absolute Gasteiger partial charge is 0.487 e. The quantitative estimate of drug-likeness (QED) is 0.536. The van der Waals surface area contributed by atoms with Crippen LogP contribution in [0.5, 0.6) is 5.75 Å². The van der Waals surface area contributed by atoms with Crippen LogP contribution in [0.3, 0.4) is 0 Å². The maximum absolute atomic E-state index is 13.6. The van der Waals surface area contributed by atoms with Gasteiger partial charge >= 0.3 is 0 Å². The van der Waals surface area contributed by atoms with Gasteiger partial charge in [0, 0.05) is 17.0 Å². The van der Waals surface area contributed by atoms with E-state index in [-0.39, 0.29) is 17.6 Å². The number of nitrogens with zero attached hydrogens (tertiary/aromatic N) is 1. The molecular formula is C25H33ClN2O4S. The molecule has 1 aliphatic rings. The third kappa shape index (κ3) is 5.30. The summed E-state index contributed by atoms with van der Waals surface area (Å²) in [6.07, 6.45) is 3.65. The minimum Gasteiger partial charge on any atom is -0.487 e. The van der Waals surface area contributed by atoms with E-state index >= 15 is 0 Å². The number of sulfonamides is 1. The number of anilines is 1. The highest BCUT2D eigenvalue weighted by Crippen LogP contribution is 2.42. The van der Waals surface area contributed by atoms with Crippen LogP contribution in [0.2, 0.25) is 5.02 Å². The van der Waals surface area contributed by atoms with Crippen molar-refractivity contribution in [2.24, 2.45) is 0 Å². The topological polar surface area (TPSA) is 75.7 Å². The Balaban J connectivity index is 1.99. The predicted octanol–water partition coefficient (Wildman–Crippen LogP) is 5.39. The van der Waals surface area contributed by atoms with E-state index in [1.165, 1.54) is 4.31 Å². The summed E-state index contributed by atoms with van der Waals surface area (Å²) in [7, 11) is -3.76. The van der Waals surface area contributed by atoms with Crippen molar-refractivity contribution < 1.29 is 17.9 Å². The highest BCUT2D eigenvalue weighted by atomic mass is 35.5. The zero-order valence-corrected chi connectivity index (χ0v) is 21.5. The number of hydrogen-bond donors (Lipinski definition) is 1. The lowest BCUT2D eigenvalue weighted by molar-refractivity contribution is -0.123. The number of hydrogen-bond acceptors (Lipinski definition) is 4. The standard InChI is InChI=1S/C25H33ClN2O4S/c1-6-21(28(33(5,30)31)22-15-18(26)14-13-17(22)4)24(29)27-20-16-25(7-2,8-3)32-23-12-10-9-11-19(20)23/h9-15,20-21H,6-8,16H2,1-5H3,(H,27,29)/t20-,21-/m0/s1. The first kappa shape index (κ1) is 25.4. The molecule has 1 N–H and O–H groups in total. The SMILES string of the molecule is CC[C@@H](C(=O)N[C@H]1CC(CC)(CC)Oc2ccccc21)N(c1cc(Cl)ccc1C)S(C)(=O)=O. The first-order valence-electron chi connectivity index (χ1n) is 11.4. The molecule has 0 aliphatic carbocycles. The average molecular weight is 493 g/mol. The molecule has 3 rings (SSSR count). The number of benzene rings is 2. The van der Waals surface area contributed by atoms with Crippen molar-refractivity contribution in [1.82, 2.24) is 5.32 Å². The molecule has 2 aromatic carbocycles. The minimum absolute atomic E-state index is 0.279. The fourth-order valence-corrected chi connectivity index (χ4v) is 5.98. The van der Waals surface area contributed by atoms with Crippen LogP contribution in [0.25, 0.3) is 0 Å². The number of halogens is 1. The van der Waals surface area contributed by atoms with Crippen LogP contribution in [0.15, 0.2) is 42.5 Å². The van der Waals surface area contributed by atoms with E-state index in [0.29, 0.717) is 23.6 Å². The van der Waals surface area contributed by atoms with Crippen molar-refractivity contribution in [3.8, 4) is 5.75 Å². The van der Waals surface area contributed by atoms with Crippen LogP contribution < -0.4 is 14.4 Å². The van der Waals surface area contributed by atoms with Crippen molar-refractivity contribution in [2.45, 2.75) is 71.1 Å². The fraction of sp³-hybridized carbons (Fsp3) is 0.480. The van der Waals surface area contributed by atoms with Gasteiger partial charge in [0.15, 0.2) is 0 Å². The number of carbonyl (C=O) groups excluding carboxylic acids is 1. The van der Waals surface area contributed by atoms with E-state index in [9.17, 15) is 13.2 Å². The van der Waals surface area contributed by atoms with Gasteiger partial charge in [-0.05, 0) is 49.9 Å². The third-order valence-corrected chi connectivity index (χ3v) is 7.94. The molecule has 0 radical (unpaired) electrons. The van der Waals surface area contributed by atoms with E-state index in [0.717, 1.165) is 36.0 Å². The smallest absolute Gasteiger partial charge is 0.244 e. The molecule has 0 saturated heterocycles. The Bertz CT molecular complexity index is 1120. The van der Waals surface area contributed by atoms with E-state index in [1.807, 2.05) is 31.2 Å². The monoisotopic (exact) mass is 492 g/mol. The summed E-state index contributed by atoms with van der Waals surface area (Å²) >= 11 is 6.18. The number of para-hydroxylation sites is 1. The molecule has 2 aromatic rings. The molecule has 33 heavy (non-hydrogen) atoms. The van der Waals surface area contributed by atoms with Crippen LogP contribution in [0.1, 0.15) is 63.6 Å². The van der Waals surface area contributed by atoms with Gasteiger partial charge in [-0.15, -0.1) is 0 Å². The van der Waals surface area contributed by atoms with E-state index in [2.05, 4.69) is 19.2 Å². The summed E-state index contributed by atoms with van der Waals surface area (Å²) < 4.78 is 33.3. The predicted molar refractivity (Wildman–Crippen MR) is 133 cm³/mol. The van der Waals surface area contributed by atoms with Crippen LogP contribution in [-0.2, 0) is 14.8 Å². The molecule has 0 bridgehead atoms. The Kier molecular flexibility index (Phi) is 7.64. The zero-order chi connectivity index (χ0) is 24.4. The molecule has 1 amide bonds. The summed E-state index contributed by atoms with van der Waals surface area (Å²) in [6, 6.07) is 11.6. The molecule has 1 heterocycles. The highest BCUT2D eigenvalue weighted by Gasteiger charge is 2.41. The van der Waals surface area contributed by atoms with Crippen LogP contribution in [0, 0.1) is 6.92 Å². The maximum Gasteiger partial charge on any atom is 0.244 e. The number of fused-ring (bicyclic) bond motifs is 1. The normalized spacial score (nSPS) is 18.1. The molecular weight excluding hydrogens is 460 g/mol. The number of rotatable bonds is 8. The van der Waals surface area contributed by atoms with Gasteiger partial charge in [-0.1, -0.05) is 56.6 Å². The Morgan fingerprint density at radius 1 is 1.21 bits per heavy atom. The van der Waals surface area contributed by atoms with Gasteiger partial charge in [0.25, 0.3) is 0 Å². The second-order valence-corrected chi connectivity index (χ2v) is 11.0.